The molecule has 5 heteroatoms. The SMILES string of the molecule is CCC(N)CC(=O)N[C@@H](C)C(=O)OC. The van der Waals surface area contributed by atoms with Gasteiger partial charge in [0.1, 0.15) is 6.04 Å². The van der Waals surface area contributed by atoms with Crippen LogP contribution in [0, 0.1) is 0 Å². The Hall–Kier alpha value is -1.10. The second kappa shape index (κ2) is 6.37. The molecule has 82 valence electrons. The van der Waals surface area contributed by atoms with Gasteiger partial charge in [-0.05, 0) is 13.3 Å². The van der Waals surface area contributed by atoms with Gasteiger partial charge in [-0.3, -0.25) is 4.79 Å². The lowest BCUT2D eigenvalue weighted by Crippen LogP contribution is -2.41. The molecular weight excluding hydrogens is 184 g/mol. The average Bonchev–Trinajstić information content (AvgIpc) is 2.15. The first-order valence-electron chi connectivity index (χ1n) is 4.64. The Balaban J connectivity index is 3.88. The fraction of sp³-hybridized carbons (Fsp3) is 0.778. The van der Waals surface area contributed by atoms with Crippen LogP contribution >= 0.6 is 0 Å². The molecule has 1 amide bonds. The predicted octanol–water partition coefficient (Wildman–Crippen LogP) is -0.208. The number of methoxy groups -OCH3 is 1. The summed E-state index contributed by atoms with van der Waals surface area (Å²) in [6.07, 6.45) is 0.970. The number of carbonyl (C=O) groups excluding carboxylic acids is 2. The number of amides is 1. The van der Waals surface area contributed by atoms with E-state index in [1.165, 1.54) is 7.11 Å². The third kappa shape index (κ3) is 4.81. The number of rotatable bonds is 5. The van der Waals surface area contributed by atoms with E-state index in [-0.39, 0.29) is 18.4 Å². The van der Waals surface area contributed by atoms with Crippen LogP contribution in [-0.4, -0.2) is 31.1 Å². The van der Waals surface area contributed by atoms with Crippen molar-refractivity contribution in [1.82, 2.24) is 5.32 Å². The second-order valence-electron chi connectivity index (χ2n) is 3.18. The van der Waals surface area contributed by atoms with Crippen LogP contribution in [0.5, 0.6) is 0 Å². The summed E-state index contributed by atoms with van der Waals surface area (Å²) in [5.41, 5.74) is 5.58. The molecule has 3 N–H and O–H groups in total. The van der Waals surface area contributed by atoms with E-state index in [1.807, 2.05) is 6.92 Å². The molecule has 14 heavy (non-hydrogen) atoms. The van der Waals surface area contributed by atoms with Crippen LogP contribution in [0.15, 0.2) is 0 Å². The summed E-state index contributed by atoms with van der Waals surface area (Å²) >= 11 is 0. The molecule has 2 atom stereocenters. The Morgan fingerprint density at radius 1 is 1.50 bits per heavy atom. The highest BCUT2D eigenvalue weighted by Gasteiger charge is 2.16. The Kier molecular flexibility index (Phi) is 5.87. The molecule has 0 aliphatic heterocycles. The summed E-state index contributed by atoms with van der Waals surface area (Å²) in [6.45, 7) is 3.48. The van der Waals surface area contributed by atoms with E-state index in [9.17, 15) is 9.59 Å². The molecule has 0 aromatic rings. The van der Waals surface area contributed by atoms with Crippen LogP contribution in [-0.2, 0) is 14.3 Å². The first kappa shape index (κ1) is 12.9. The minimum atomic E-state index is -0.614. The third-order valence-electron chi connectivity index (χ3n) is 1.90. The standard InChI is InChI=1S/C9H18N2O3/c1-4-7(10)5-8(12)11-6(2)9(13)14-3/h6-7H,4-5,10H2,1-3H3,(H,11,12)/t6-,7?/m0/s1. The van der Waals surface area contributed by atoms with E-state index in [4.69, 9.17) is 5.73 Å². The van der Waals surface area contributed by atoms with Crippen LogP contribution < -0.4 is 11.1 Å². The molecule has 0 aliphatic carbocycles. The van der Waals surface area contributed by atoms with Crippen molar-refractivity contribution in [3.8, 4) is 0 Å². The van der Waals surface area contributed by atoms with Crippen molar-refractivity contribution < 1.29 is 14.3 Å². The number of hydrogen-bond acceptors (Lipinski definition) is 4. The van der Waals surface area contributed by atoms with Crippen molar-refractivity contribution in [1.29, 1.82) is 0 Å². The number of nitrogens with one attached hydrogen (secondary N) is 1. The van der Waals surface area contributed by atoms with E-state index in [1.54, 1.807) is 6.92 Å². The largest absolute Gasteiger partial charge is 0.467 e. The summed E-state index contributed by atoms with van der Waals surface area (Å²) < 4.78 is 4.46. The van der Waals surface area contributed by atoms with Crippen molar-refractivity contribution >= 4 is 11.9 Å². The molecule has 0 aliphatic rings. The van der Waals surface area contributed by atoms with Gasteiger partial charge in [-0.25, -0.2) is 4.79 Å². The van der Waals surface area contributed by atoms with Crippen LogP contribution in [0.1, 0.15) is 26.7 Å². The average molecular weight is 202 g/mol. The lowest BCUT2D eigenvalue weighted by atomic mass is 10.1. The number of nitrogens with two attached hydrogens (primary N) is 1. The normalized spacial score (nSPS) is 14.3. The summed E-state index contributed by atoms with van der Waals surface area (Å²) in [7, 11) is 1.28. The monoisotopic (exact) mass is 202 g/mol. The maximum Gasteiger partial charge on any atom is 0.328 e. The Bertz CT molecular complexity index is 206. The van der Waals surface area contributed by atoms with Crippen LogP contribution in [0.25, 0.3) is 0 Å². The first-order chi connectivity index (χ1) is 6.51. The maximum atomic E-state index is 11.2. The molecule has 0 spiro atoms. The van der Waals surface area contributed by atoms with E-state index in [0.717, 1.165) is 6.42 Å². The molecule has 0 radical (unpaired) electrons. The topological polar surface area (TPSA) is 81.4 Å². The van der Waals surface area contributed by atoms with Crippen molar-refractivity contribution in [2.75, 3.05) is 7.11 Å². The van der Waals surface area contributed by atoms with E-state index in [0.29, 0.717) is 0 Å². The minimum absolute atomic E-state index is 0.153. The van der Waals surface area contributed by atoms with Gasteiger partial charge in [0.05, 0.1) is 7.11 Å². The summed E-state index contributed by atoms with van der Waals surface area (Å²) in [6, 6.07) is -0.767. The van der Waals surface area contributed by atoms with Gasteiger partial charge in [0.15, 0.2) is 0 Å². The molecular formula is C9H18N2O3. The van der Waals surface area contributed by atoms with E-state index in [2.05, 4.69) is 10.1 Å². The van der Waals surface area contributed by atoms with Gasteiger partial charge in [0, 0.05) is 12.5 Å². The molecule has 5 nitrogen and oxygen atoms in total. The molecule has 0 aromatic heterocycles. The first-order valence-corrected chi connectivity index (χ1v) is 4.64. The minimum Gasteiger partial charge on any atom is -0.467 e. The van der Waals surface area contributed by atoms with Gasteiger partial charge in [-0.1, -0.05) is 6.92 Å². The fourth-order valence-corrected chi connectivity index (χ4v) is 0.919. The van der Waals surface area contributed by atoms with Crippen LogP contribution in [0.3, 0.4) is 0 Å². The lowest BCUT2D eigenvalue weighted by molar-refractivity contribution is -0.144. The number of carbonyl (C=O) groups is 2. The molecule has 0 saturated carbocycles. The van der Waals surface area contributed by atoms with Gasteiger partial charge in [0.25, 0.3) is 0 Å². The molecule has 1 unspecified atom stereocenters. The van der Waals surface area contributed by atoms with Gasteiger partial charge < -0.3 is 15.8 Å². The van der Waals surface area contributed by atoms with Gasteiger partial charge in [-0.2, -0.15) is 0 Å². The zero-order valence-corrected chi connectivity index (χ0v) is 8.87. The highest BCUT2D eigenvalue weighted by molar-refractivity contribution is 5.84. The molecule has 0 rings (SSSR count). The lowest BCUT2D eigenvalue weighted by Gasteiger charge is -2.13. The molecule has 0 fully saturated rings. The summed E-state index contributed by atoms with van der Waals surface area (Å²) in [4.78, 5) is 22.2. The quantitative estimate of drug-likeness (QED) is 0.604. The van der Waals surface area contributed by atoms with Crippen LogP contribution in [0.2, 0.25) is 0 Å². The second-order valence-corrected chi connectivity index (χ2v) is 3.18. The summed E-state index contributed by atoms with van der Waals surface area (Å²) in [5, 5.41) is 2.50. The number of hydrogen-bond donors (Lipinski definition) is 2. The highest BCUT2D eigenvalue weighted by Crippen LogP contribution is 1.94. The predicted molar refractivity (Wildman–Crippen MR) is 52.5 cm³/mol. The van der Waals surface area contributed by atoms with E-state index >= 15 is 0 Å². The van der Waals surface area contributed by atoms with Crippen molar-refractivity contribution in [3.05, 3.63) is 0 Å². The van der Waals surface area contributed by atoms with Gasteiger partial charge >= 0.3 is 5.97 Å². The fourth-order valence-electron chi connectivity index (χ4n) is 0.919. The Morgan fingerprint density at radius 3 is 2.50 bits per heavy atom. The van der Waals surface area contributed by atoms with Crippen LogP contribution in [0.4, 0.5) is 0 Å². The smallest absolute Gasteiger partial charge is 0.328 e. The van der Waals surface area contributed by atoms with Crippen molar-refractivity contribution in [3.63, 3.8) is 0 Å². The molecule has 0 saturated heterocycles. The maximum absolute atomic E-state index is 11.2. The molecule has 0 heterocycles. The van der Waals surface area contributed by atoms with Crippen molar-refractivity contribution in [2.45, 2.75) is 38.8 Å². The van der Waals surface area contributed by atoms with E-state index < -0.39 is 12.0 Å². The zero-order chi connectivity index (χ0) is 11.1. The molecule has 0 bridgehead atoms. The van der Waals surface area contributed by atoms with Gasteiger partial charge in [-0.15, -0.1) is 0 Å². The Morgan fingerprint density at radius 2 is 2.07 bits per heavy atom. The third-order valence-corrected chi connectivity index (χ3v) is 1.90. The molecule has 0 aromatic carbocycles. The van der Waals surface area contributed by atoms with Gasteiger partial charge in [0.2, 0.25) is 5.91 Å². The van der Waals surface area contributed by atoms with Crippen molar-refractivity contribution in [2.24, 2.45) is 5.73 Å². The Labute approximate surface area is 84.0 Å². The number of ether oxygens (including phenoxy) is 1. The summed E-state index contributed by atoms with van der Waals surface area (Å²) in [5.74, 6) is -0.680. The highest BCUT2D eigenvalue weighted by atomic mass is 16.5. The zero-order valence-electron chi connectivity index (χ0n) is 8.87. The number of esters is 1.